The third-order valence-corrected chi connectivity index (χ3v) is 3.31. The molecular weight excluding hydrogens is 295 g/mol. The normalized spacial score (nSPS) is 11.0. The number of carbonyl (C=O) groups is 1. The lowest BCUT2D eigenvalue weighted by molar-refractivity contribution is 0.102. The van der Waals surface area contributed by atoms with E-state index in [1.54, 1.807) is 36.4 Å². The number of carbonyl (C=O) groups excluding carboxylic acids is 1. The van der Waals surface area contributed by atoms with Gasteiger partial charge in [-0.2, -0.15) is 0 Å². The molecule has 1 heterocycles. The lowest BCUT2D eigenvalue weighted by Gasteiger charge is -2.10. The van der Waals surface area contributed by atoms with E-state index >= 15 is 0 Å². The highest BCUT2D eigenvalue weighted by atomic mass is 19.1. The Morgan fingerprint density at radius 3 is 2.57 bits per heavy atom. The molecule has 0 saturated heterocycles. The average molecular weight is 312 g/mol. The summed E-state index contributed by atoms with van der Waals surface area (Å²) in [5.41, 5.74) is 1.64. The molecule has 3 rings (SSSR count). The summed E-state index contributed by atoms with van der Waals surface area (Å²) in [4.78, 5) is 15.2. The van der Waals surface area contributed by atoms with Gasteiger partial charge in [0.15, 0.2) is 0 Å². The van der Waals surface area contributed by atoms with Crippen molar-refractivity contribution in [3.05, 3.63) is 60.0 Å². The maximum absolute atomic E-state index is 13.2. The molecule has 0 saturated carbocycles. The standard InChI is InChI=1S/C18H17FN2O2/c1-11(2)23-15-7-5-14(6-8-15)20-18(22)17-9-12-3-4-13(19)10-16(12)21-17/h3-11,21H,1-2H3,(H,20,22). The van der Waals surface area contributed by atoms with E-state index in [1.807, 2.05) is 13.8 Å². The van der Waals surface area contributed by atoms with E-state index in [4.69, 9.17) is 4.74 Å². The van der Waals surface area contributed by atoms with Gasteiger partial charge in [0.2, 0.25) is 0 Å². The maximum Gasteiger partial charge on any atom is 0.272 e. The Morgan fingerprint density at radius 1 is 1.13 bits per heavy atom. The second-order valence-corrected chi connectivity index (χ2v) is 5.56. The molecule has 23 heavy (non-hydrogen) atoms. The number of anilines is 1. The Balaban J connectivity index is 1.74. The molecule has 4 nitrogen and oxygen atoms in total. The van der Waals surface area contributed by atoms with Gasteiger partial charge in [-0.3, -0.25) is 4.79 Å². The van der Waals surface area contributed by atoms with E-state index in [2.05, 4.69) is 10.3 Å². The molecule has 0 aliphatic carbocycles. The average Bonchev–Trinajstić information content (AvgIpc) is 2.92. The summed E-state index contributed by atoms with van der Waals surface area (Å²) in [6, 6.07) is 13.2. The number of rotatable bonds is 4. The lowest BCUT2D eigenvalue weighted by atomic mass is 10.2. The number of benzene rings is 2. The summed E-state index contributed by atoms with van der Waals surface area (Å²) in [6.45, 7) is 3.91. The van der Waals surface area contributed by atoms with Crippen molar-refractivity contribution >= 4 is 22.5 Å². The zero-order chi connectivity index (χ0) is 16.4. The van der Waals surface area contributed by atoms with Crippen LogP contribution in [0.15, 0.2) is 48.5 Å². The molecule has 2 aromatic carbocycles. The van der Waals surface area contributed by atoms with Crippen LogP contribution in [-0.2, 0) is 0 Å². The van der Waals surface area contributed by atoms with Crippen LogP contribution in [-0.4, -0.2) is 17.0 Å². The smallest absolute Gasteiger partial charge is 0.272 e. The summed E-state index contributed by atoms with van der Waals surface area (Å²) in [7, 11) is 0. The minimum absolute atomic E-state index is 0.0992. The monoisotopic (exact) mass is 312 g/mol. The molecule has 0 bridgehead atoms. The van der Waals surface area contributed by atoms with E-state index in [0.29, 0.717) is 16.9 Å². The van der Waals surface area contributed by atoms with Crippen LogP contribution in [0.25, 0.3) is 10.9 Å². The van der Waals surface area contributed by atoms with Crippen LogP contribution in [0.1, 0.15) is 24.3 Å². The summed E-state index contributed by atoms with van der Waals surface area (Å²) in [5, 5.41) is 3.58. The highest BCUT2D eigenvalue weighted by Gasteiger charge is 2.10. The molecule has 0 spiro atoms. The first-order valence-corrected chi connectivity index (χ1v) is 7.37. The Kier molecular flexibility index (Phi) is 4.02. The van der Waals surface area contributed by atoms with Crippen LogP contribution in [0.4, 0.5) is 10.1 Å². The van der Waals surface area contributed by atoms with Crippen LogP contribution < -0.4 is 10.1 Å². The van der Waals surface area contributed by atoms with Gasteiger partial charge in [-0.25, -0.2) is 4.39 Å². The Bertz CT molecular complexity index is 838. The fourth-order valence-corrected chi connectivity index (χ4v) is 2.31. The number of aromatic amines is 1. The first kappa shape index (κ1) is 15.1. The molecule has 3 aromatic rings. The van der Waals surface area contributed by atoms with Gasteiger partial charge in [0.05, 0.1) is 6.10 Å². The zero-order valence-electron chi connectivity index (χ0n) is 12.9. The van der Waals surface area contributed by atoms with E-state index in [1.165, 1.54) is 12.1 Å². The van der Waals surface area contributed by atoms with Crippen molar-refractivity contribution in [1.29, 1.82) is 0 Å². The van der Waals surface area contributed by atoms with Crippen LogP contribution in [0, 0.1) is 5.82 Å². The van der Waals surface area contributed by atoms with E-state index < -0.39 is 0 Å². The summed E-state index contributed by atoms with van der Waals surface area (Å²) < 4.78 is 18.7. The van der Waals surface area contributed by atoms with E-state index in [9.17, 15) is 9.18 Å². The second kappa shape index (κ2) is 6.12. The van der Waals surface area contributed by atoms with Crippen molar-refractivity contribution in [3.63, 3.8) is 0 Å². The molecular formula is C18H17FN2O2. The van der Waals surface area contributed by atoms with Gasteiger partial charge in [-0.1, -0.05) is 0 Å². The SMILES string of the molecule is CC(C)Oc1ccc(NC(=O)c2cc3ccc(F)cc3[nH]2)cc1. The quantitative estimate of drug-likeness (QED) is 0.752. The minimum atomic E-state index is -0.341. The number of ether oxygens (including phenoxy) is 1. The Labute approximate surface area is 133 Å². The maximum atomic E-state index is 13.2. The molecule has 0 unspecified atom stereocenters. The Hall–Kier alpha value is -2.82. The third-order valence-electron chi connectivity index (χ3n) is 3.31. The van der Waals surface area contributed by atoms with Crippen molar-refractivity contribution < 1.29 is 13.9 Å². The van der Waals surface area contributed by atoms with E-state index in [-0.39, 0.29) is 17.8 Å². The van der Waals surface area contributed by atoms with Gasteiger partial charge >= 0.3 is 0 Å². The van der Waals surface area contributed by atoms with Crippen LogP contribution in [0.2, 0.25) is 0 Å². The summed E-state index contributed by atoms with van der Waals surface area (Å²) in [6.07, 6.45) is 0.0992. The molecule has 2 N–H and O–H groups in total. The molecule has 0 aliphatic heterocycles. The molecule has 0 fully saturated rings. The van der Waals surface area contributed by atoms with Crippen molar-refractivity contribution in [1.82, 2.24) is 4.98 Å². The van der Waals surface area contributed by atoms with Crippen molar-refractivity contribution in [3.8, 4) is 5.75 Å². The summed E-state index contributed by atoms with van der Waals surface area (Å²) >= 11 is 0. The molecule has 0 atom stereocenters. The fraction of sp³-hybridized carbons (Fsp3) is 0.167. The van der Waals surface area contributed by atoms with Gasteiger partial charge in [0.1, 0.15) is 17.3 Å². The van der Waals surface area contributed by atoms with Gasteiger partial charge in [-0.15, -0.1) is 0 Å². The van der Waals surface area contributed by atoms with Gasteiger partial charge < -0.3 is 15.0 Å². The molecule has 0 radical (unpaired) electrons. The number of halogens is 1. The predicted molar refractivity (Wildman–Crippen MR) is 88.4 cm³/mol. The first-order valence-electron chi connectivity index (χ1n) is 7.37. The summed E-state index contributed by atoms with van der Waals surface area (Å²) in [5.74, 6) is 0.130. The van der Waals surface area contributed by atoms with Gasteiger partial charge in [-0.05, 0) is 62.4 Å². The first-order chi connectivity index (χ1) is 11.0. The highest BCUT2D eigenvalue weighted by Crippen LogP contribution is 2.20. The molecule has 0 aliphatic rings. The molecule has 5 heteroatoms. The topological polar surface area (TPSA) is 54.1 Å². The van der Waals surface area contributed by atoms with E-state index in [0.717, 1.165) is 11.1 Å². The number of nitrogens with one attached hydrogen (secondary N) is 2. The van der Waals surface area contributed by atoms with Crippen LogP contribution in [0.3, 0.4) is 0 Å². The fourth-order valence-electron chi connectivity index (χ4n) is 2.31. The van der Waals surface area contributed by atoms with Crippen LogP contribution in [0.5, 0.6) is 5.75 Å². The lowest BCUT2D eigenvalue weighted by Crippen LogP contribution is -2.12. The highest BCUT2D eigenvalue weighted by molar-refractivity contribution is 6.05. The van der Waals surface area contributed by atoms with Crippen molar-refractivity contribution in [2.45, 2.75) is 20.0 Å². The second-order valence-electron chi connectivity index (χ2n) is 5.56. The number of hydrogen-bond acceptors (Lipinski definition) is 2. The van der Waals surface area contributed by atoms with Gasteiger partial charge in [0, 0.05) is 16.6 Å². The largest absolute Gasteiger partial charge is 0.491 e. The zero-order valence-corrected chi connectivity index (χ0v) is 12.9. The van der Waals surface area contributed by atoms with Crippen LogP contribution >= 0.6 is 0 Å². The molecule has 1 aromatic heterocycles. The van der Waals surface area contributed by atoms with Crippen molar-refractivity contribution in [2.24, 2.45) is 0 Å². The molecule has 118 valence electrons. The third kappa shape index (κ3) is 3.51. The number of hydrogen-bond donors (Lipinski definition) is 2. The predicted octanol–water partition coefficient (Wildman–Crippen LogP) is 4.35. The number of amides is 1. The minimum Gasteiger partial charge on any atom is -0.491 e. The molecule has 1 amide bonds. The number of fused-ring (bicyclic) bond motifs is 1. The van der Waals surface area contributed by atoms with Crippen molar-refractivity contribution in [2.75, 3.05) is 5.32 Å². The number of H-pyrrole nitrogens is 1. The van der Waals surface area contributed by atoms with Gasteiger partial charge in [0.25, 0.3) is 5.91 Å². The Morgan fingerprint density at radius 2 is 1.87 bits per heavy atom. The number of aromatic nitrogens is 1.